The van der Waals surface area contributed by atoms with Gasteiger partial charge in [0.25, 0.3) is 0 Å². The first-order chi connectivity index (χ1) is 11.7. The largest absolute Gasteiger partial charge is 0.507 e. The number of rotatable bonds is 5. The Hall–Kier alpha value is -1.97. The number of esters is 1. The van der Waals surface area contributed by atoms with Crippen LogP contribution in [0.2, 0.25) is 0 Å². The smallest absolute Gasteiger partial charge is 0.333 e. The quantitative estimate of drug-likeness (QED) is 0.621. The van der Waals surface area contributed by atoms with Crippen LogP contribution in [-0.2, 0) is 16.0 Å². The molecule has 0 spiro atoms. The highest BCUT2D eigenvalue weighted by Crippen LogP contribution is 2.44. The van der Waals surface area contributed by atoms with E-state index in [1.54, 1.807) is 6.92 Å². The Morgan fingerprint density at radius 3 is 2.60 bits per heavy atom. The van der Waals surface area contributed by atoms with E-state index in [9.17, 15) is 9.90 Å². The summed E-state index contributed by atoms with van der Waals surface area (Å²) < 4.78 is 11.4. The summed E-state index contributed by atoms with van der Waals surface area (Å²) in [5.41, 5.74) is 4.34. The highest BCUT2D eigenvalue weighted by Gasteiger charge is 2.34. The maximum absolute atomic E-state index is 11.7. The zero-order chi connectivity index (χ0) is 18.8. The van der Waals surface area contributed by atoms with Gasteiger partial charge >= 0.3 is 5.97 Å². The predicted molar refractivity (Wildman–Crippen MR) is 99.3 cm³/mol. The summed E-state index contributed by atoms with van der Waals surface area (Å²) in [4.78, 5) is 11.7. The Kier molecular flexibility index (Phi) is 5.81. The molecule has 0 fully saturated rings. The van der Waals surface area contributed by atoms with Crippen LogP contribution in [-0.4, -0.2) is 23.3 Å². The summed E-state index contributed by atoms with van der Waals surface area (Å²) in [6.07, 6.45) is 5.33. The number of hydrogen-bond acceptors (Lipinski definition) is 4. The number of ether oxygens (including phenoxy) is 2. The van der Waals surface area contributed by atoms with Crippen molar-refractivity contribution in [3.63, 3.8) is 0 Å². The normalized spacial score (nSPS) is 20.0. The number of benzene rings is 1. The van der Waals surface area contributed by atoms with E-state index in [4.69, 9.17) is 9.47 Å². The van der Waals surface area contributed by atoms with E-state index < -0.39 is 0 Å². The highest BCUT2D eigenvalue weighted by molar-refractivity contribution is 5.87. The van der Waals surface area contributed by atoms with E-state index in [0.29, 0.717) is 17.9 Å². The first kappa shape index (κ1) is 19.4. The average molecular weight is 346 g/mol. The Labute approximate surface area is 150 Å². The summed E-state index contributed by atoms with van der Waals surface area (Å²) in [5, 5.41) is 10.3. The van der Waals surface area contributed by atoms with E-state index in [0.717, 1.165) is 53.7 Å². The summed E-state index contributed by atoms with van der Waals surface area (Å²) in [7, 11) is 0. The first-order valence-electron chi connectivity index (χ1n) is 9.04. The molecule has 0 aromatic heterocycles. The lowest BCUT2D eigenvalue weighted by Gasteiger charge is -2.38. The lowest BCUT2D eigenvalue weighted by atomic mass is 9.85. The van der Waals surface area contributed by atoms with Crippen molar-refractivity contribution in [1.82, 2.24) is 0 Å². The van der Waals surface area contributed by atoms with Crippen LogP contribution >= 0.6 is 0 Å². The van der Waals surface area contributed by atoms with Crippen molar-refractivity contribution in [2.75, 3.05) is 6.61 Å². The van der Waals surface area contributed by atoms with Crippen molar-refractivity contribution < 1.29 is 19.4 Å². The van der Waals surface area contributed by atoms with Gasteiger partial charge in [-0.2, -0.15) is 0 Å². The molecule has 0 aliphatic carbocycles. The third-order valence-corrected chi connectivity index (χ3v) is 5.31. The topological polar surface area (TPSA) is 55.8 Å². The van der Waals surface area contributed by atoms with E-state index in [2.05, 4.69) is 6.92 Å². The fourth-order valence-corrected chi connectivity index (χ4v) is 3.39. The van der Waals surface area contributed by atoms with Crippen LogP contribution < -0.4 is 4.74 Å². The van der Waals surface area contributed by atoms with Crippen molar-refractivity contribution in [1.29, 1.82) is 0 Å². The van der Waals surface area contributed by atoms with E-state index in [-0.39, 0.29) is 11.6 Å². The van der Waals surface area contributed by atoms with Gasteiger partial charge in [0.1, 0.15) is 17.1 Å². The molecule has 4 heteroatoms. The van der Waals surface area contributed by atoms with Crippen LogP contribution in [0.25, 0.3) is 0 Å². The van der Waals surface area contributed by atoms with Gasteiger partial charge in [0.15, 0.2) is 0 Å². The zero-order valence-electron chi connectivity index (χ0n) is 16.3. The van der Waals surface area contributed by atoms with Crippen LogP contribution in [0, 0.1) is 20.8 Å². The molecule has 1 aromatic rings. The zero-order valence-corrected chi connectivity index (χ0v) is 16.3. The first-order valence-corrected chi connectivity index (χ1v) is 9.04. The van der Waals surface area contributed by atoms with Crippen LogP contribution in [0.4, 0.5) is 0 Å². The third-order valence-electron chi connectivity index (χ3n) is 5.31. The molecule has 0 bridgehead atoms. The molecule has 0 amide bonds. The van der Waals surface area contributed by atoms with Gasteiger partial charge in [0, 0.05) is 11.1 Å². The number of fused-ring (bicyclic) bond motifs is 1. The molecular weight excluding hydrogens is 316 g/mol. The second-order valence-electron chi connectivity index (χ2n) is 7.23. The molecule has 1 aliphatic heterocycles. The molecule has 1 N–H and O–H groups in total. The molecule has 0 saturated heterocycles. The number of carbonyl (C=O) groups is 1. The Balaban J connectivity index is 2.13. The lowest BCUT2D eigenvalue weighted by molar-refractivity contribution is -0.138. The number of carbonyl (C=O) groups excluding carboxylic acids is 1. The van der Waals surface area contributed by atoms with Crippen molar-refractivity contribution >= 4 is 5.97 Å². The molecule has 1 atom stereocenters. The van der Waals surface area contributed by atoms with Crippen molar-refractivity contribution in [2.45, 2.75) is 72.8 Å². The minimum Gasteiger partial charge on any atom is -0.507 e. The number of allylic oxidation sites excluding steroid dienone is 1. The maximum atomic E-state index is 11.7. The Bertz CT molecular complexity index is 703. The molecule has 4 nitrogen and oxygen atoms in total. The molecule has 1 unspecified atom stereocenters. The summed E-state index contributed by atoms with van der Waals surface area (Å²) in [5.74, 6) is 1.06. The second-order valence-corrected chi connectivity index (χ2v) is 7.23. The third kappa shape index (κ3) is 4.00. The molecule has 1 aromatic carbocycles. The minimum absolute atomic E-state index is 0.250. The van der Waals surface area contributed by atoms with Crippen molar-refractivity contribution in [3.8, 4) is 11.5 Å². The lowest BCUT2D eigenvalue weighted by Crippen LogP contribution is -2.37. The monoisotopic (exact) mass is 346 g/mol. The molecule has 2 rings (SSSR count). The van der Waals surface area contributed by atoms with Gasteiger partial charge in [-0.25, -0.2) is 4.79 Å². The van der Waals surface area contributed by atoms with Gasteiger partial charge in [-0.15, -0.1) is 0 Å². The summed E-state index contributed by atoms with van der Waals surface area (Å²) in [6.45, 7) is 12.0. The van der Waals surface area contributed by atoms with Crippen LogP contribution in [0.1, 0.15) is 62.3 Å². The molecular formula is C21H30O4. The standard InChI is InChI=1S/C21H30O4/c1-7-24-20(23)13(2)9-8-11-21(6)12-10-17-16(5)18(22)14(3)15(4)19(17)25-21/h9,22H,7-8,10-12H2,1-6H3/b13-9+. The molecule has 1 heterocycles. The van der Waals surface area contributed by atoms with Gasteiger partial charge in [-0.05, 0) is 83.9 Å². The maximum Gasteiger partial charge on any atom is 0.333 e. The number of hydrogen-bond donors (Lipinski definition) is 1. The molecule has 0 saturated carbocycles. The van der Waals surface area contributed by atoms with Gasteiger partial charge in [-0.3, -0.25) is 0 Å². The van der Waals surface area contributed by atoms with Crippen LogP contribution in [0.3, 0.4) is 0 Å². The van der Waals surface area contributed by atoms with Gasteiger partial charge in [0.05, 0.1) is 6.61 Å². The molecule has 0 radical (unpaired) electrons. The van der Waals surface area contributed by atoms with Crippen molar-refractivity contribution in [3.05, 3.63) is 33.9 Å². The summed E-state index contributed by atoms with van der Waals surface area (Å²) >= 11 is 0. The van der Waals surface area contributed by atoms with Gasteiger partial charge in [-0.1, -0.05) is 6.08 Å². The number of phenols is 1. The molecule has 1 aliphatic rings. The van der Waals surface area contributed by atoms with Crippen LogP contribution in [0.15, 0.2) is 11.6 Å². The van der Waals surface area contributed by atoms with Gasteiger partial charge < -0.3 is 14.6 Å². The molecule has 25 heavy (non-hydrogen) atoms. The van der Waals surface area contributed by atoms with Crippen LogP contribution in [0.5, 0.6) is 11.5 Å². The Morgan fingerprint density at radius 2 is 1.96 bits per heavy atom. The number of aromatic hydroxyl groups is 1. The fourth-order valence-electron chi connectivity index (χ4n) is 3.39. The van der Waals surface area contributed by atoms with Gasteiger partial charge in [0.2, 0.25) is 0 Å². The number of phenolic OH excluding ortho intramolecular Hbond substituents is 1. The van der Waals surface area contributed by atoms with Crippen molar-refractivity contribution in [2.24, 2.45) is 0 Å². The van der Waals surface area contributed by atoms with E-state index in [1.165, 1.54) is 0 Å². The highest BCUT2D eigenvalue weighted by atomic mass is 16.5. The van der Waals surface area contributed by atoms with E-state index in [1.807, 2.05) is 33.8 Å². The predicted octanol–water partition coefficient (Wildman–Crippen LogP) is 4.69. The second kappa shape index (κ2) is 7.51. The SMILES string of the molecule is CCOC(=O)/C(C)=C/CCC1(C)CCc2c(C)c(O)c(C)c(C)c2O1. The fraction of sp³-hybridized carbons (Fsp3) is 0.571. The minimum atomic E-state index is -0.265. The van der Waals surface area contributed by atoms with E-state index >= 15 is 0 Å². The summed E-state index contributed by atoms with van der Waals surface area (Å²) in [6, 6.07) is 0. The average Bonchev–Trinajstić information content (AvgIpc) is 2.58. The molecule has 138 valence electrons. The Morgan fingerprint density at radius 1 is 1.28 bits per heavy atom.